The van der Waals surface area contributed by atoms with E-state index < -0.39 is 23.5 Å². The van der Waals surface area contributed by atoms with Crippen molar-refractivity contribution in [2.45, 2.75) is 38.5 Å². The summed E-state index contributed by atoms with van der Waals surface area (Å²) in [4.78, 5) is 0. The van der Waals surface area contributed by atoms with Crippen LogP contribution in [0.15, 0.2) is 36.6 Å². The van der Waals surface area contributed by atoms with Crippen LogP contribution in [0.4, 0.5) is 26.3 Å². The smallest absolute Gasteiger partial charge is 0.166 e. The Bertz CT molecular complexity index is 514. The Morgan fingerprint density at radius 1 is 1.05 bits per heavy atom. The summed E-state index contributed by atoms with van der Waals surface area (Å²) in [5, 5.41) is 0. The van der Waals surface area contributed by atoms with Crippen molar-refractivity contribution in [2.75, 3.05) is 0 Å². The number of benzene rings is 1. The highest BCUT2D eigenvalue weighted by molar-refractivity contribution is 5.34. The molecule has 0 aliphatic rings. The van der Waals surface area contributed by atoms with E-state index in [2.05, 4.69) is 12.3 Å². The summed E-state index contributed by atoms with van der Waals surface area (Å²) in [6.45, 7) is 5.28. The van der Waals surface area contributed by atoms with E-state index in [-0.39, 0.29) is 24.0 Å². The predicted molar refractivity (Wildman–Crippen MR) is 72.3 cm³/mol. The molecule has 1 rings (SSSR count). The molecule has 0 spiro atoms. The van der Waals surface area contributed by atoms with Crippen LogP contribution in [0.3, 0.4) is 0 Å². The van der Waals surface area contributed by atoms with Crippen LogP contribution < -0.4 is 0 Å². The van der Waals surface area contributed by atoms with Crippen LogP contribution in [-0.2, 0) is 18.8 Å². The molecule has 0 heterocycles. The van der Waals surface area contributed by atoms with E-state index in [1.54, 1.807) is 6.08 Å². The first-order valence-electron chi connectivity index (χ1n) is 6.72. The number of hydrogen-bond donors (Lipinski definition) is 0. The molecule has 0 fully saturated rings. The van der Waals surface area contributed by atoms with Crippen LogP contribution in [-0.4, -0.2) is 0 Å². The summed E-state index contributed by atoms with van der Waals surface area (Å²) in [7, 11) is 0. The van der Waals surface area contributed by atoms with Crippen molar-refractivity contribution in [3.63, 3.8) is 0 Å². The Labute approximate surface area is 125 Å². The fraction of sp³-hybridized carbons (Fsp3) is 0.438. The molecule has 0 aliphatic heterocycles. The third-order valence-electron chi connectivity index (χ3n) is 3.16. The average molecular weight is 322 g/mol. The van der Waals surface area contributed by atoms with E-state index in [1.807, 2.05) is 6.92 Å². The molecule has 1 aromatic rings. The van der Waals surface area contributed by atoms with Gasteiger partial charge in [0.25, 0.3) is 0 Å². The molecule has 0 saturated carbocycles. The molecule has 0 nitrogen and oxygen atoms in total. The summed E-state index contributed by atoms with van der Waals surface area (Å²) in [6.07, 6.45) is -6.57. The second kappa shape index (κ2) is 7.05. The number of hydrogen-bond acceptors (Lipinski definition) is 0. The van der Waals surface area contributed by atoms with E-state index in [1.165, 1.54) is 0 Å². The average Bonchev–Trinajstić information content (AvgIpc) is 2.37. The third kappa shape index (κ3) is 5.26. The summed E-state index contributed by atoms with van der Waals surface area (Å²) < 4.78 is 76.6. The van der Waals surface area contributed by atoms with Crippen LogP contribution in [0.1, 0.15) is 36.5 Å². The maximum Gasteiger partial charge on any atom is 0.416 e. The highest BCUT2D eigenvalue weighted by atomic mass is 19.4. The lowest BCUT2D eigenvalue weighted by molar-refractivity contribution is -0.143. The van der Waals surface area contributed by atoms with Crippen molar-refractivity contribution in [3.8, 4) is 0 Å². The van der Waals surface area contributed by atoms with Crippen molar-refractivity contribution >= 4 is 0 Å². The van der Waals surface area contributed by atoms with Gasteiger partial charge in [-0.15, -0.1) is 5.73 Å². The lowest BCUT2D eigenvalue weighted by Crippen LogP contribution is -2.13. The predicted octanol–water partition coefficient (Wildman–Crippen LogP) is 6.02. The fourth-order valence-electron chi connectivity index (χ4n) is 2.22. The molecule has 1 atom stereocenters. The summed E-state index contributed by atoms with van der Waals surface area (Å²) in [5.41, 5.74) is -0.0148. The first-order valence-corrected chi connectivity index (χ1v) is 6.72. The van der Waals surface area contributed by atoms with Gasteiger partial charge >= 0.3 is 12.4 Å². The molecule has 0 N–H and O–H groups in total. The second-order valence-electron chi connectivity index (χ2n) is 5.04. The Morgan fingerprint density at radius 3 is 1.91 bits per heavy atom. The number of rotatable bonds is 5. The van der Waals surface area contributed by atoms with Crippen molar-refractivity contribution in [1.82, 2.24) is 0 Å². The summed E-state index contributed by atoms with van der Waals surface area (Å²) >= 11 is 0. The molecular formula is C16H16F6. The lowest BCUT2D eigenvalue weighted by Gasteiger charge is -2.16. The van der Waals surface area contributed by atoms with Gasteiger partial charge < -0.3 is 0 Å². The molecule has 0 saturated heterocycles. The van der Waals surface area contributed by atoms with E-state index in [0.29, 0.717) is 6.42 Å². The first-order chi connectivity index (χ1) is 10.1. The Kier molecular flexibility index (Phi) is 5.89. The van der Waals surface area contributed by atoms with Crippen LogP contribution in [0.5, 0.6) is 0 Å². The summed E-state index contributed by atoms with van der Waals surface area (Å²) in [6, 6.07) is 1.69. The molecule has 0 aliphatic carbocycles. The zero-order valence-corrected chi connectivity index (χ0v) is 12.0. The molecular weight excluding hydrogens is 306 g/mol. The van der Waals surface area contributed by atoms with Gasteiger partial charge in [0.1, 0.15) is 0 Å². The van der Waals surface area contributed by atoms with Crippen molar-refractivity contribution in [3.05, 3.63) is 53.3 Å². The minimum Gasteiger partial charge on any atom is -0.166 e. The minimum absolute atomic E-state index is 0.00657. The van der Waals surface area contributed by atoms with Gasteiger partial charge in [-0.05, 0) is 48.6 Å². The third-order valence-corrected chi connectivity index (χ3v) is 3.16. The van der Waals surface area contributed by atoms with E-state index in [9.17, 15) is 26.3 Å². The number of halogens is 6. The van der Waals surface area contributed by atoms with E-state index in [4.69, 9.17) is 0 Å². The highest BCUT2D eigenvalue weighted by Crippen LogP contribution is 2.36. The van der Waals surface area contributed by atoms with Gasteiger partial charge in [0, 0.05) is 0 Å². The Balaban J connectivity index is 3.26. The van der Waals surface area contributed by atoms with E-state index in [0.717, 1.165) is 18.6 Å². The molecule has 0 amide bonds. The van der Waals surface area contributed by atoms with Gasteiger partial charge in [0.15, 0.2) is 0 Å². The monoisotopic (exact) mass is 322 g/mol. The molecule has 1 aromatic carbocycles. The van der Waals surface area contributed by atoms with Gasteiger partial charge in [0.05, 0.1) is 11.1 Å². The van der Waals surface area contributed by atoms with Gasteiger partial charge in [0.2, 0.25) is 0 Å². The minimum atomic E-state index is -4.81. The Morgan fingerprint density at radius 2 is 1.55 bits per heavy atom. The molecule has 0 bridgehead atoms. The number of allylic oxidation sites excluding steroid dienone is 1. The summed E-state index contributed by atoms with van der Waals surface area (Å²) in [5.74, 6) is -0.188. The van der Waals surface area contributed by atoms with Gasteiger partial charge in [-0.3, -0.25) is 0 Å². The normalized spacial score (nSPS) is 13.6. The second-order valence-corrected chi connectivity index (χ2v) is 5.04. The highest BCUT2D eigenvalue weighted by Gasteiger charge is 2.36. The van der Waals surface area contributed by atoms with Gasteiger partial charge in [-0.1, -0.05) is 19.9 Å². The van der Waals surface area contributed by atoms with Crippen LogP contribution in [0.25, 0.3) is 0 Å². The largest absolute Gasteiger partial charge is 0.416 e. The van der Waals surface area contributed by atoms with Crippen LogP contribution >= 0.6 is 0 Å². The van der Waals surface area contributed by atoms with Crippen molar-refractivity contribution in [2.24, 2.45) is 5.92 Å². The molecule has 0 radical (unpaired) electrons. The zero-order chi connectivity index (χ0) is 17.0. The standard InChI is InChI=1S/C16H16F6/c1-3-5-11(6-4-2)7-12-8-13(15(17,18)19)10-14(9-12)16(20,21)22/h5,8-11H,1,4,6-7H2,2H3. The maximum atomic E-state index is 12.8. The van der Waals surface area contributed by atoms with Crippen molar-refractivity contribution < 1.29 is 26.3 Å². The molecule has 122 valence electrons. The number of alkyl halides is 6. The van der Waals surface area contributed by atoms with E-state index >= 15 is 0 Å². The molecule has 1 unspecified atom stereocenters. The zero-order valence-electron chi connectivity index (χ0n) is 12.0. The lowest BCUT2D eigenvalue weighted by atomic mass is 9.92. The first kappa shape index (κ1) is 18.4. The molecule has 0 aromatic heterocycles. The maximum absolute atomic E-state index is 12.8. The van der Waals surface area contributed by atoms with Gasteiger partial charge in [-0.25, -0.2) is 0 Å². The topological polar surface area (TPSA) is 0 Å². The van der Waals surface area contributed by atoms with Gasteiger partial charge in [-0.2, -0.15) is 26.3 Å². The molecule has 22 heavy (non-hydrogen) atoms. The Hall–Kier alpha value is -1.68. The fourth-order valence-corrected chi connectivity index (χ4v) is 2.22. The van der Waals surface area contributed by atoms with Crippen molar-refractivity contribution in [1.29, 1.82) is 0 Å². The SMILES string of the molecule is C=C=CC(CCC)Cc1cc(C(F)(F)F)cc(C(F)(F)F)c1. The van der Waals surface area contributed by atoms with Crippen LogP contribution in [0.2, 0.25) is 0 Å². The molecule has 6 heteroatoms. The van der Waals surface area contributed by atoms with Crippen LogP contribution in [0, 0.1) is 5.92 Å². The quantitative estimate of drug-likeness (QED) is 0.459.